The lowest BCUT2D eigenvalue weighted by Crippen LogP contribution is -2.43. The van der Waals surface area contributed by atoms with E-state index >= 15 is 0 Å². The summed E-state index contributed by atoms with van der Waals surface area (Å²) in [6, 6.07) is 8.60. The monoisotopic (exact) mass is 320 g/mol. The van der Waals surface area contributed by atoms with E-state index in [9.17, 15) is 19.1 Å². The summed E-state index contributed by atoms with van der Waals surface area (Å²) >= 11 is 0. The van der Waals surface area contributed by atoms with Crippen LogP contribution in [-0.4, -0.2) is 20.8 Å². The zero-order valence-corrected chi connectivity index (χ0v) is 12.4. The molecule has 1 saturated heterocycles. The Morgan fingerprint density at radius 1 is 1.30 bits per heavy atom. The van der Waals surface area contributed by atoms with Crippen molar-refractivity contribution in [1.82, 2.24) is 9.13 Å². The van der Waals surface area contributed by atoms with Crippen molar-refractivity contribution < 1.29 is 14.2 Å². The minimum atomic E-state index is -1.08. The Labute approximate surface area is 131 Å². The van der Waals surface area contributed by atoms with Crippen LogP contribution >= 0.6 is 0 Å². The molecule has 6 nitrogen and oxygen atoms in total. The maximum Gasteiger partial charge on any atom is 0.333 e. The van der Waals surface area contributed by atoms with Crippen LogP contribution in [0.1, 0.15) is 30.7 Å². The molecule has 7 heteroatoms. The SMILES string of the molecule is O=c1c(F)cn(C2CCCO2)c(=O)n1CC(O)c1ccccc1. The van der Waals surface area contributed by atoms with Crippen molar-refractivity contribution in [2.45, 2.75) is 31.7 Å². The maximum atomic E-state index is 13.9. The van der Waals surface area contributed by atoms with Crippen LogP contribution in [0, 0.1) is 5.82 Å². The first-order valence-electron chi connectivity index (χ1n) is 7.44. The molecule has 122 valence electrons. The number of rotatable bonds is 4. The Morgan fingerprint density at radius 3 is 2.70 bits per heavy atom. The largest absolute Gasteiger partial charge is 0.387 e. The summed E-state index contributed by atoms with van der Waals surface area (Å²) in [4.78, 5) is 24.4. The maximum absolute atomic E-state index is 13.9. The Morgan fingerprint density at radius 2 is 2.04 bits per heavy atom. The molecule has 1 fully saturated rings. The number of hydrogen-bond donors (Lipinski definition) is 1. The average Bonchev–Trinajstić information content (AvgIpc) is 3.10. The molecule has 2 unspecified atom stereocenters. The van der Waals surface area contributed by atoms with Gasteiger partial charge in [-0.05, 0) is 18.4 Å². The lowest BCUT2D eigenvalue weighted by Gasteiger charge is -2.17. The van der Waals surface area contributed by atoms with Gasteiger partial charge in [-0.15, -0.1) is 0 Å². The molecule has 2 aromatic rings. The molecule has 0 amide bonds. The van der Waals surface area contributed by atoms with Crippen LogP contribution in [0.5, 0.6) is 0 Å². The van der Waals surface area contributed by atoms with Crippen LogP contribution in [-0.2, 0) is 11.3 Å². The van der Waals surface area contributed by atoms with Crippen LogP contribution in [0.15, 0.2) is 46.1 Å². The summed E-state index contributed by atoms with van der Waals surface area (Å²) in [5.74, 6) is -1.04. The molecule has 2 atom stereocenters. The van der Waals surface area contributed by atoms with Gasteiger partial charge in [0.15, 0.2) is 0 Å². The lowest BCUT2D eigenvalue weighted by molar-refractivity contribution is 0.0491. The second kappa shape index (κ2) is 6.47. The number of hydrogen-bond acceptors (Lipinski definition) is 4. The molecule has 0 spiro atoms. The van der Waals surface area contributed by atoms with Gasteiger partial charge >= 0.3 is 5.69 Å². The van der Waals surface area contributed by atoms with Gasteiger partial charge in [0.1, 0.15) is 6.23 Å². The van der Waals surface area contributed by atoms with Gasteiger partial charge in [-0.3, -0.25) is 13.9 Å². The first-order valence-corrected chi connectivity index (χ1v) is 7.44. The Balaban J connectivity index is 1.98. The smallest absolute Gasteiger partial charge is 0.333 e. The molecule has 23 heavy (non-hydrogen) atoms. The fourth-order valence-corrected chi connectivity index (χ4v) is 2.69. The van der Waals surface area contributed by atoms with E-state index in [1.807, 2.05) is 0 Å². The van der Waals surface area contributed by atoms with Gasteiger partial charge in [-0.1, -0.05) is 30.3 Å². The van der Waals surface area contributed by atoms with Crippen molar-refractivity contribution in [3.8, 4) is 0 Å². The third-order valence-corrected chi connectivity index (χ3v) is 3.91. The highest BCUT2D eigenvalue weighted by Crippen LogP contribution is 2.21. The Hall–Kier alpha value is -2.25. The number of halogens is 1. The van der Waals surface area contributed by atoms with Crippen LogP contribution in [0.4, 0.5) is 4.39 Å². The number of nitrogens with zero attached hydrogens (tertiary/aromatic N) is 2. The van der Waals surface area contributed by atoms with E-state index in [1.54, 1.807) is 30.3 Å². The van der Waals surface area contributed by atoms with Crippen molar-refractivity contribution in [3.05, 3.63) is 68.7 Å². The van der Waals surface area contributed by atoms with E-state index in [0.29, 0.717) is 23.2 Å². The van der Waals surface area contributed by atoms with Gasteiger partial charge in [-0.25, -0.2) is 4.79 Å². The molecule has 1 aliphatic heterocycles. The fourth-order valence-electron chi connectivity index (χ4n) is 2.69. The molecule has 0 radical (unpaired) electrons. The molecule has 0 aliphatic carbocycles. The molecule has 1 aromatic heterocycles. The third kappa shape index (κ3) is 3.11. The summed E-state index contributed by atoms with van der Waals surface area (Å²) in [7, 11) is 0. The number of aliphatic hydroxyl groups is 1. The molecule has 0 bridgehead atoms. The van der Waals surface area contributed by atoms with Gasteiger partial charge in [0, 0.05) is 6.61 Å². The number of aromatic nitrogens is 2. The van der Waals surface area contributed by atoms with E-state index in [1.165, 1.54) is 0 Å². The van der Waals surface area contributed by atoms with Crippen LogP contribution in [0.2, 0.25) is 0 Å². The zero-order valence-electron chi connectivity index (χ0n) is 12.4. The summed E-state index contributed by atoms with van der Waals surface area (Å²) in [6.07, 6.45) is 0.578. The Bertz CT molecular complexity index is 794. The van der Waals surface area contributed by atoms with Gasteiger partial charge in [-0.2, -0.15) is 4.39 Å². The van der Waals surface area contributed by atoms with Crippen LogP contribution in [0.25, 0.3) is 0 Å². The topological polar surface area (TPSA) is 73.5 Å². The fraction of sp³-hybridized carbons (Fsp3) is 0.375. The summed E-state index contributed by atoms with van der Waals surface area (Å²) in [5.41, 5.74) is -1.18. The number of benzene rings is 1. The van der Waals surface area contributed by atoms with Crippen LogP contribution < -0.4 is 11.2 Å². The van der Waals surface area contributed by atoms with Crippen molar-refractivity contribution in [3.63, 3.8) is 0 Å². The van der Waals surface area contributed by atoms with Crippen molar-refractivity contribution >= 4 is 0 Å². The normalized spacial score (nSPS) is 19.0. The van der Waals surface area contributed by atoms with Gasteiger partial charge in [0.2, 0.25) is 5.82 Å². The van der Waals surface area contributed by atoms with Crippen molar-refractivity contribution in [1.29, 1.82) is 0 Å². The average molecular weight is 320 g/mol. The van der Waals surface area contributed by atoms with Gasteiger partial charge < -0.3 is 9.84 Å². The lowest BCUT2D eigenvalue weighted by atomic mass is 10.1. The van der Waals surface area contributed by atoms with E-state index in [0.717, 1.165) is 17.2 Å². The predicted octanol–water partition coefficient (Wildman–Crippen LogP) is 1.19. The Kier molecular flexibility index (Phi) is 4.40. The van der Waals surface area contributed by atoms with Gasteiger partial charge in [0.05, 0.1) is 18.8 Å². The first-order chi connectivity index (χ1) is 11.1. The minimum absolute atomic E-state index is 0.313. The molecular formula is C16H17FN2O4. The quantitative estimate of drug-likeness (QED) is 0.918. The van der Waals surface area contributed by atoms with E-state index in [4.69, 9.17) is 4.74 Å². The second-order valence-corrected chi connectivity index (χ2v) is 5.48. The zero-order chi connectivity index (χ0) is 16.4. The van der Waals surface area contributed by atoms with Gasteiger partial charge in [0.25, 0.3) is 5.56 Å². The molecule has 1 N–H and O–H groups in total. The number of aliphatic hydroxyl groups excluding tert-OH is 1. The summed E-state index contributed by atoms with van der Waals surface area (Å²) < 4.78 is 21.1. The van der Waals surface area contributed by atoms with E-state index in [-0.39, 0.29) is 6.54 Å². The molecule has 0 saturated carbocycles. The first kappa shape index (κ1) is 15.6. The molecule has 1 aromatic carbocycles. The highest BCUT2D eigenvalue weighted by molar-refractivity contribution is 5.17. The second-order valence-electron chi connectivity index (χ2n) is 5.48. The van der Waals surface area contributed by atoms with Crippen molar-refractivity contribution in [2.75, 3.05) is 6.61 Å². The number of ether oxygens (including phenoxy) is 1. The third-order valence-electron chi connectivity index (χ3n) is 3.91. The highest BCUT2D eigenvalue weighted by Gasteiger charge is 2.23. The summed E-state index contributed by atoms with van der Waals surface area (Å²) in [5, 5.41) is 10.2. The summed E-state index contributed by atoms with van der Waals surface area (Å²) in [6.45, 7) is 0.177. The van der Waals surface area contributed by atoms with E-state index < -0.39 is 29.4 Å². The highest BCUT2D eigenvalue weighted by atomic mass is 19.1. The predicted molar refractivity (Wildman–Crippen MR) is 80.5 cm³/mol. The van der Waals surface area contributed by atoms with Crippen LogP contribution in [0.3, 0.4) is 0 Å². The molecule has 3 rings (SSSR count). The molecular weight excluding hydrogens is 303 g/mol. The van der Waals surface area contributed by atoms with E-state index in [2.05, 4.69) is 0 Å². The standard InChI is InChI=1S/C16H17FN2O4/c17-12-9-18(14-7-4-8-23-14)16(22)19(15(12)21)10-13(20)11-5-2-1-3-6-11/h1-3,5-6,9,13-14,20H,4,7-8,10H2. The molecule has 2 heterocycles. The van der Waals surface area contributed by atoms with Crippen molar-refractivity contribution in [2.24, 2.45) is 0 Å². The minimum Gasteiger partial charge on any atom is -0.387 e. The molecule has 1 aliphatic rings.